The molecular weight excluding hydrogens is 394 g/mol. The zero-order valence-corrected chi connectivity index (χ0v) is 18.4. The Labute approximate surface area is 183 Å². The molecule has 0 aliphatic rings. The number of unbranched alkanes of at least 4 members (excludes halogenated alkanes) is 1. The van der Waals surface area contributed by atoms with Crippen LogP contribution in [0.3, 0.4) is 0 Å². The van der Waals surface area contributed by atoms with E-state index in [4.69, 9.17) is 4.74 Å². The number of carbonyl (C=O) groups is 3. The van der Waals surface area contributed by atoms with Crippen LogP contribution < -0.4 is 20.9 Å². The van der Waals surface area contributed by atoms with Crippen molar-refractivity contribution in [1.82, 2.24) is 10.9 Å². The average Bonchev–Trinajstić information content (AvgIpc) is 2.76. The summed E-state index contributed by atoms with van der Waals surface area (Å²) in [6.07, 6.45) is 3.21. The maximum Gasteiger partial charge on any atom is 0.269 e. The fourth-order valence-corrected chi connectivity index (χ4v) is 2.64. The van der Waals surface area contributed by atoms with Gasteiger partial charge < -0.3 is 10.1 Å². The van der Waals surface area contributed by atoms with Crippen molar-refractivity contribution in [2.45, 2.75) is 46.5 Å². The minimum atomic E-state index is -0.453. The predicted octanol–water partition coefficient (Wildman–Crippen LogP) is 4.32. The molecule has 0 saturated carbocycles. The second kappa shape index (κ2) is 12.4. The lowest BCUT2D eigenvalue weighted by atomic mass is 10.1. The molecule has 0 atom stereocenters. The Morgan fingerprint density at radius 3 is 1.94 bits per heavy atom. The molecule has 0 saturated heterocycles. The molecule has 0 aliphatic carbocycles. The maximum atomic E-state index is 12.2. The van der Waals surface area contributed by atoms with Gasteiger partial charge in [-0.1, -0.05) is 27.2 Å². The van der Waals surface area contributed by atoms with Crippen molar-refractivity contribution in [1.29, 1.82) is 0 Å². The number of hydrogen-bond acceptors (Lipinski definition) is 4. The minimum Gasteiger partial charge on any atom is -0.494 e. The molecular formula is C24H31N3O4. The zero-order chi connectivity index (χ0) is 22.6. The Kier molecular flexibility index (Phi) is 9.55. The summed E-state index contributed by atoms with van der Waals surface area (Å²) in [7, 11) is 0. The largest absolute Gasteiger partial charge is 0.494 e. The third kappa shape index (κ3) is 8.50. The van der Waals surface area contributed by atoms with Gasteiger partial charge in [-0.05, 0) is 67.3 Å². The molecule has 0 unspecified atom stereocenters. The Hall–Kier alpha value is -3.35. The molecule has 166 valence electrons. The normalized spacial score (nSPS) is 10.5. The van der Waals surface area contributed by atoms with E-state index < -0.39 is 11.8 Å². The quantitative estimate of drug-likeness (QED) is 0.494. The number of carbonyl (C=O) groups excluding carboxylic acids is 3. The summed E-state index contributed by atoms with van der Waals surface area (Å²) >= 11 is 0. The summed E-state index contributed by atoms with van der Waals surface area (Å²) in [6, 6.07) is 13.2. The molecule has 0 aromatic heterocycles. The maximum absolute atomic E-state index is 12.2. The van der Waals surface area contributed by atoms with Crippen molar-refractivity contribution in [2.24, 2.45) is 5.92 Å². The number of amides is 3. The molecule has 0 aliphatic heterocycles. The van der Waals surface area contributed by atoms with E-state index in [1.165, 1.54) is 0 Å². The van der Waals surface area contributed by atoms with E-state index in [9.17, 15) is 14.4 Å². The molecule has 2 aromatic carbocycles. The Bertz CT molecular complexity index is 861. The summed E-state index contributed by atoms with van der Waals surface area (Å²) in [5.74, 6) is 0.327. The Balaban J connectivity index is 1.80. The van der Waals surface area contributed by atoms with Gasteiger partial charge in [-0.15, -0.1) is 0 Å². The molecule has 31 heavy (non-hydrogen) atoms. The Morgan fingerprint density at radius 1 is 0.871 bits per heavy atom. The standard InChI is InChI=1S/C24H31N3O4/c1-4-5-6-22(28)25-20-11-7-18(8-12-20)23(29)26-27-24(30)19-9-13-21(14-10-19)31-16-15-17(2)3/h7-14,17H,4-6,15-16H2,1-3H3,(H,25,28)(H,26,29)(H,27,30). The van der Waals surface area contributed by atoms with Gasteiger partial charge in [0.2, 0.25) is 5.91 Å². The average molecular weight is 426 g/mol. The van der Waals surface area contributed by atoms with E-state index in [-0.39, 0.29) is 5.91 Å². The van der Waals surface area contributed by atoms with Crippen molar-refractivity contribution in [3.8, 4) is 5.75 Å². The van der Waals surface area contributed by atoms with Gasteiger partial charge in [0.1, 0.15) is 5.75 Å². The lowest BCUT2D eigenvalue weighted by Gasteiger charge is -2.10. The van der Waals surface area contributed by atoms with Crippen LogP contribution in [0.1, 0.15) is 67.2 Å². The summed E-state index contributed by atoms with van der Waals surface area (Å²) in [6.45, 7) is 6.91. The van der Waals surface area contributed by atoms with E-state index in [0.717, 1.165) is 19.3 Å². The van der Waals surface area contributed by atoms with Gasteiger partial charge in [0, 0.05) is 23.2 Å². The number of hydrogen-bond donors (Lipinski definition) is 3. The first-order valence-corrected chi connectivity index (χ1v) is 10.6. The highest BCUT2D eigenvalue weighted by Crippen LogP contribution is 2.14. The van der Waals surface area contributed by atoms with Gasteiger partial charge in [0.05, 0.1) is 6.61 Å². The van der Waals surface area contributed by atoms with E-state index >= 15 is 0 Å². The molecule has 7 heteroatoms. The molecule has 0 bridgehead atoms. The molecule has 0 heterocycles. The SMILES string of the molecule is CCCCC(=O)Nc1ccc(C(=O)NNC(=O)c2ccc(OCCC(C)C)cc2)cc1. The van der Waals surface area contributed by atoms with E-state index in [1.54, 1.807) is 48.5 Å². The summed E-state index contributed by atoms with van der Waals surface area (Å²) in [5.41, 5.74) is 6.17. The topological polar surface area (TPSA) is 96.5 Å². The first kappa shape index (κ1) is 23.9. The Morgan fingerprint density at radius 2 is 1.42 bits per heavy atom. The van der Waals surface area contributed by atoms with E-state index in [2.05, 4.69) is 30.0 Å². The monoisotopic (exact) mass is 425 g/mol. The van der Waals surface area contributed by atoms with Crippen molar-refractivity contribution >= 4 is 23.4 Å². The number of nitrogens with one attached hydrogen (secondary N) is 3. The van der Waals surface area contributed by atoms with Crippen LogP contribution in [0.2, 0.25) is 0 Å². The molecule has 0 radical (unpaired) electrons. The molecule has 0 fully saturated rings. The van der Waals surface area contributed by atoms with Gasteiger partial charge in [0.15, 0.2) is 0 Å². The smallest absolute Gasteiger partial charge is 0.269 e. The fourth-order valence-electron chi connectivity index (χ4n) is 2.64. The van der Waals surface area contributed by atoms with Crippen LogP contribution in [0.15, 0.2) is 48.5 Å². The number of rotatable bonds is 10. The highest BCUT2D eigenvalue weighted by atomic mass is 16.5. The van der Waals surface area contributed by atoms with Crippen LogP contribution in [-0.2, 0) is 4.79 Å². The molecule has 3 amide bonds. The van der Waals surface area contributed by atoms with E-state index in [1.807, 2.05) is 6.92 Å². The third-order valence-electron chi connectivity index (χ3n) is 4.56. The van der Waals surface area contributed by atoms with Crippen molar-refractivity contribution in [3.05, 3.63) is 59.7 Å². The number of ether oxygens (including phenoxy) is 1. The fraction of sp³-hybridized carbons (Fsp3) is 0.375. The lowest BCUT2D eigenvalue weighted by Crippen LogP contribution is -2.41. The summed E-state index contributed by atoms with van der Waals surface area (Å²) in [4.78, 5) is 36.2. The number of anilines is 1. The molecule has 0 spiro atoms. The van der Waals surface area contributed by atoms with Crippen molar-refractivity contribution < 1.29 is 19.1 Å². The third-order valence-corrected chi connectivity index (χ3v) is 4.56. The molecule has 7 nitrogen and oxygen atoms in total. The second-order valence-corrected chi connectivity index (χ2v) is 7.69. The predicted molar refractivity (Wildman–Crippen MR) is 121 cm³/mol. The highest BCUT2D eigenvalue weighted by molar-refractivity contribution is 5.99. The number of benzene rings is 2. The van der Waals surface area contributed by atoms with Crippen LogP contribution in [-0.4, -0.2) is 24.3 Å². The van der Waals surface area contributed by atoms with Crippen molar-refractivity contribution in [2.75, 3.05) is 11.9 Å². The first-order chi connectivity index (χ1) is 14.9. The van der Waals surface area contributed by atoms with Crippen molar-refractivity contribution in [3.63, 3.8) is 0 Å². The summed E-state index contributed by atoms with van der Waals surface area (Å²) < 4.78 is 5.63. The first-order valence-electron chi connectivity index (χ1n) is 10.6. The molecule has 2 rings (SSSR count). The van der Waals surface area contributed by atoms with Crippen LogP contribution >= 0.6 is 0 Å². The molecule has 2 aromatic rings. The van der Waals surface area contributed by atoms with Gasteiger partial charge in [-0.2, -0.15) is 0 Å². The van der Waals surface area contributed by atoms with Crippen LogP contribution in [0.25, 0.3) is 0 Å². The van der Waals surface area contributed by atoms with Crippen LogP contribution in [0.4, 0.5) is 5.69 Å². The summed E-state index contributed by atoms with van der Waals surface area (Å²) in [5, 5.41) is 2.79. The lowest BCUT2D eigenvalue weighted by molar-refractivity contribution is -0.116. The van der Waals surface area contributed by atoms with Gasteiger partial charge >= 0.3 is 0 Å². The van der Waals surface area contributed by atoms with Gasteiger partial charge in [0.25, 0.3) is 11.8 Å². The van der Waals surface area contributed by atoms with E-state index in [0.29, 0.717) is 41.5 Å². The van der Waals surface area contributed by atoms with Gasteiger partial charge in [-0.25, -0.2) is 0 Å². The van der Waals surface area contributed by atoms with Gasteiger partial charge in [-0.3, -0.25) is 25.2 Å². The molecule has 3 N–H and O–H groups in total. The van der Waals surface area contributed by atoms with Crippen LogP contribution in [0.5, 0.6) is 5.75 Å². The zero-order valence-electron chi connectivity index (χ0n) is 18.4. The highest BCUT2D eigenvalue weighted by Gasteiger charge is 2.10. The minimum absolute atomic E-state index is 0.0531. The van der Waals surface area contributed by atoms with Crippen LogP contribution in [0, 0.1) is 5.92 Å². The second-order valence-electron chi connectivity index (χ2n) is 7.69. The number of hydrazine groups is 1.